The number of ether oxygens (including phenoxy) is 1. The molecule has 0 aromatic rings. The van der Waals surface area contributed by atoms with Crippen molar-refractivity contribution in [3.63, 3.8) is 0 Å². The molecule has 7 nitrogen and oxygen atoms in total. The lowest BCUT2D eigenvalue weighted by molar-refractivity contribution is -0.127. The molecule has 2 N–H and O–H groups in total. The van der Waals surface area contributed by atoms with E-state index in [2.05, 4.69) is 48.2 Å². The third-order valence-corrected chi connectivity index (χ3v) is 4.99. The van der Waals surface area contributed by atoms with E-state index < -0.39 is 0 Å². The number of likely N-dealkylation sites (N-methyl/N-ethyl adjacent to an activating group) is 2. The summed E-state index contributed by atoms with van der Waals surface area (Å²) in [6.07, 6.45) is 2.50. The SMILES string of the molecule is CCN1CCCC1CNC(=NCC(=O)N(C)C)NCC(OC)C(C)(C)C.I. The van der Waals surface area contributed by atoms with Crippen molar-refractivity contribution in [2.45, 2.75) is 52.7 Å². The van der Waals surface area contributed by atoms with Crippen LogP contribution in [0.15, 0.2) is 4.99 Å². The van der Waals surface area contributed by atoms with Crippen LogP contribution < -0.4 is 10.6 Å². The molecule has 0 spiro atoms. The van der Waals surface area contributed by atoms with E-state index in [9.17, 15) is 4.79 Å². The summed E-state index contributed by atoms with van der Waals surface area (Å²) in [7, 11) is 5.22. The topological polar surface area (TPSA) is 69.2 Å². The number of rotatable bonds is 8. The van der Waals surface area contributed by atoms with E-state index >= 15 is 0 Å². The Morgan fingerprint density at radius 3 is 2.52 bits per heavy atom. The first kappa shape index (κ1) is 26.4. The van der Waals surface area contributed by atoms with Gasteiger partial charge in [0.25, 0.3) is 0 Å². The van der Waals surface area contributed by atoms with Crippen molar-refractivity contribution in [1.29, 1.82) is 0 Å². The van der Waals surface area contributed by atoms with Crippen molar-refractivity contribution in [2.75, 3.05) is 53.9 Å². The Morgan fingerprint density at radius 1 is 1.33 bits per heavy atom. The van der Waals surface area contributed by atoms with Gasteiger partial charge in [0, 0.05) is 40.3 Å². The first-order valence-corrected chi connectivity index (χ1v) is 9.68. The van der Waals surface area contributed by atoms with Crippen molar-refractivity contribution in [2.24, 2.45) is 10.4 Å². The number of methoxy groups -OCH3 is 1. The fourth-order valence-electron chi connectivity index (χ4n) is 3.15. The van der Waals surface area contributed by atoms with Crippen molar-refractivity contribution < 1.29 is 9.53 Å². The molecule has 160 valence electrons. The number of halogens is 1. The van der Waals surface area contributed by atoms with Crippen LogP contribution in [-0.2, 0) is 9.53 Å². The molecule has 1 amide bonds. The number of hydrogen-bond donors (Lipinski definition) is 2. The van der Waals surface area contributed by atoms with Crippen LogP contribution in [0.5, 0.6) is 0 Å². The fraction of sp³-hybridized carbons (Fsp3) is 0.895. The molecule has 0 saturated carbocycles. The molecule has 8 heteroatoms. The highest BCUT2D eigenvalue weighted by atomic mass is 127. The van der Waals surface area contributed by atoms with Crippen molar-refractivity contribution in [3.05, 3.63) is 0 Å². The predicted molar refractivity (Wildman–Crippen MR) is 123 cm³/mol. The quantitative estimate of drug-likeness (QED) is 0.304. The first-order valence-electron chi connectivity index (χ1n) is 9.68. The maximum absolute atomic E-state index is 11.9. The van der Waals surface area contributed by atoms with Gasteiger partial charge in [-0.25, -0.2) is 4.99 Å². The average Bonchev–Trinajstić information content (AvgIpc) is 3.02. The highest BCUT2D eigenvalue weighted by Gasteiger charge is 2.25. The van der Waals surface area contributed by atoms with Gasteiger partial charge in [-0.1, -0.05) is 27.7 Å². The number of likely N-dealkylation sites (tertiary alicyclic amines) is 1. The monoisotopic (exact) mass is 497 g/mol. The van der Waals surface area contributed by atoms with Crippen LogP contribution in [-0.4, -0.2) is 87.7 Å². The molecule has 1 aliphatic heterocycles. The molecule has 0 bridgehead atoms. The van der Waals surface area contributed by atoms with Crippen molar-refractivity contribution in [1.82, 2.24) is 20.4 Å². The minimum absolute atomic E-state index is 0. The third kappa shape index (κ3) is 9.43. The molecule has 1 rings (SSSR count). The summed E-state index contributed by atoms with van der Waals surface area (Å²) < 4.78 is 5.61. The molecule has 2 atom stereocenters. The summed E-state index contributed by atoms with van der Waals surface area (Å²) >= 11 is 0. The number of guanidine groups is 1. The van der Waals surface area contributed by atoms with E-state index in [1.807, 2.05) is 0 Å². The van der Waals surface area contributed by atoms with Crippen LogP contribution in [0.2, 0.25) is 0 Å². The van der Waals surface area contributed by atoms with Crippen LogP contribution in [0.4, 0.5) is 0 Å². The number of carbonyl (C=O) groups excluding carboxylic acids is 1. The summed E-state index contributed by atoms with van der Waals surface area (Å²) in [5.41, 5.74) is 0.0246. The largest absolute Gasteiger partial charge is 0.379 e. The molecule has 0 aliphatic carbocycles. The smallest absolute Gasteiger partial charge is 0.243 e. The normalized spacial score (nSPS) is 19.4. The van der Waals surface area contributed by atoms with Gasteiger partial charge >= 0.3 is 0 Å². The Hall–Kier alpha value is -0.610. The highest BCUT2D eigenvalue weighted by molar-refractivity contribution is 14.0. The van der Waals surface area contributed by atoms with Gasteiger partial charge in [-0.15, -0.1) is 24.0 Å². The zero-order valence-corrected chi connectivity index (χ0v) is 20.5. The molecule has 27 heavy (non-hydrogen) atoms. The second-order valence-electron chi connectivity index (χ2n) is 8.23. The van der Waals surface area contributed by atoms with E-state index in [1.54, 1.807) is 26.1 Å². The molecule has 1 saturated heterocycles. The number of carbonyl (C=O) groups is 1. The van der Waals surface area contributed by atoms with Gasteiger partial charge in [0.05, 0.1) is 6.10 Å². The van der Waals surface area contributed by atoms with Gasteiger partial charge in [-0.05, 0) is 31.3 Å². The summed E-state index contributed by atoms with van der Waals surface area (Å²) in [6, 6.07) is 0.525. The minimum Gasteiger partial charge on any atom is -0.379 e. The standard InChI is InChI=1S/C19H39N5O2.HI/c1-8-24-11-9-10-15(24)12-20-18(22-14-17(25)23(5)6)21-13-16(26-7)19(2,3)4;/h15-16H,8-14H2,1-7H3,(H2,20,21,22);1H. The van der Waals surface area contributed by atoms with E-state index in [4.69, 9.17) is 4.74 Å². The molecule has 2 unspecified atom stereocenters. The second-order valence-corrected chi connectivity index (χ2v) is 8.23. The van der Waals surface area contributed by atoms with Crippen LogP contribution in [0, 0.1) is 5.41 Å². The van der Waals surface area contributed by atoms with Gasteiger partial charge in [0.15, 0.2) is 5.96 Å². The lowest BCUT2D eigenvalue weighted by Gasteiger charge is -2.30. The van der Waals surface area contributed by atoms with Crippen molar-refractivity contribution in [3.8, 4) is 0 Å². The molecular formula is C19H40IN5O2. The Labute approximate surface area is 182 Å². The summed E-state index contributed by atoms with van der Waals surface area (Å²) in [4.78, 5) is 20.4. The lowest BCUT2D eigenvalue weighted by Crippen LogP contribution is -2.48. The number of nitrogens with one attached hydrogen (secondary N) is 2. The van der Waals surface area contributed by atoms with E-state index in [0.717, 1.165) is 19.6 Å². The van der Waals surface area contributed by atoms with E-state index in [1.165, 1.54) is 12.8 Å². The maximum Gasteiger partial charge on any atom is 0.243 e. The highest BCUT2D eigenvalue weighted by Crippen LogP contribution is 2.21. The van der Waals surface area contributed by atoms with Crippen LogP contribution >= 0.6 is 24.0 Å². The number of hydrogen-bond acceptors (Lipinski definition) is 4. The van der Waals surface area contributed by atoms with Crippen LogP contribution in [0.25, 0.3) is 0 Å². The summed E-state index contributed by atoms with van der Waals surface area (Å²) in [6.45, 7) is 12.5. The Kier molecular flexibility index (Phi) is 12.5. The first-order chi connectivity index (χ1) is 12.2. The number of nitrogens with zero attached hydrogens (tertiary/aromatic N) is 3. The molecule has 1 fully saturated rings. The Morgan fingerprint density at radius 2 is 2.00 bits per heavy atom. The van der Waals surface area contributed by atoms with Crippen molar-refractivity contribution >= 4 is 35.8 Å². The third-order valence-electron chi connectivity index (χ3n) is 4.99. The zero-order valence-electron chi connectivity index (χ0n) is 18.2. The average molecular weight is 497 g/mol. The molecule has 1 aliphatic rings. The zero-order chi connectivity index (χ0) is 19.7. The number of amides is 1. The summed E-state index contributed by atoms with van der Waals surface area (Å²) in [5, 5.41) is 6.78. The number of aliphatic imine (C=N–C) groups is 1. The molecule has 0 aromatic heterocycles. The molecule has 0 radical (unpaired) electrons. The molecule has 1 heterocycles. The van der Waals surface area contributed by atoms with Crippen LogP contribution in [0.3, 0.4) is 0 Å². The van der Waals surface area contributed by atoms with Gasteiger partial charge in [0.1, 0.15) is 6.54 Å². The van der Waals surface area contributed by atoms with Gasteiger partial charge in [-0.2, -0.15) is 0 Å². The Bertz CT molecular complexity index is 466. The predicted octanol–water partition coefficient (Wildman–Crippen LogP) is 1.77. The van der Waals surface area contributed by atoms with Crippen LogP contribution in [0.1, 0.15) is 40.5 Å². The van der Waals surface area contributed by atoms with Gasteiger partial charge in [-0.3, -0.25) is 9.69 Å². The lowest BCUT2D eigenvalue weighted by atomic mass is 9.89. The Balaban J connectivity index is 0.00000676. The summed E-state index contributed by atoms with van der Waals surface area (Å²) in [5.74, 6) is 0.663. The maximum atomic E-state index is 11.9. The van der Waals surface area contributed by atoms with E-state index in [0.29, 0.717) is 18.5 Å². The molecular weight excluding hydrogens is 457 g/mol. The second kappa shape index (κ2) is 12.8. The molecule has 0 aromatic carbocycles. The van der Waals surface area contributed by atoms with Gasteiger partial charge in [0.2, 0.25) is 5.91 Å². The van der Waals surface area contributed by atoms with E-state index in [-0.39, 0.29) is 47.9 Å². The van der Waals surface area contributed by atoms with Gasteiger partial charge < -0.3 is 20.3 Å². The fourth-order valence-corrected chi connectivity index (χ4v) is 3.15. The minimum atomic E-state index is -0.0127.